The van der Waals surface area contributed by atoms with Crippen molar-refractivity contribution in [1.29, 1.82) is 0 Å². The number of ether oxygens (including phenoxy) is 1. The van der Waals surface area contributed by atoms with E-state index in [1.54, 1.807) is 18.2 Å². The zero-order chi connectivity index (χ0) is 14.0. The lowest BCUT2D eigenvalue weighted by atomic mass is 9.96. The molecule has 0 aliphatic carbocycles. The smallest absolute Gasteiger partial charge is 0.165 e. The Hall–Kier alpha value is -1.58. The van der Waals surface area contributed by atoms with Gasteiger partial charge in [0, 0.05) is 5.02 Å². The van der Waals surface area contributed by atoms with E-state index in [1.807, 2.05) is 19.1 Å². The average Bonchev–Trinajstić information content (AvgIpc) is 2.38. The molecule has 2 rings (SSSR count). The molecular weight excluding hydrogens is 265 g/mol. The van der Waals surface area contributed by atoms with Crippen LogP contribution in [0.4, 0.5) is 4.39 Å². The van der Waals surface area contributed by atoms with E-state index < -0.39 is 11.9 Å². The van der Waals surface area contributed by atoms with Gasteiger partial charge in [0.25, 0.3) is 0 Å². The molecule has 0 aliphatic heterocycles. The summed E-state index contributed by atoms with van der Waals surface area (Å²) in [6.45, 7) is 1.93. The molecule has 0 fully saturated rings. The molecule has 0 saturated carbocycles. The second-order valence-electron chi connectivity index (χ2n) is 4.37. The summed E-state index contributed by atoms with van der Waals surface area (Å²) < 4.78 is 18.6. The number of benzene rings is 2. The van der Waals surface area contributed by atoms with Crippen LogP contribution in [0, 0.1) is 12.7 Å². The first kappa shape index (κ1) is 13.8. The van der Waals surface area contributed by atoms with Crippen LogP contribution in [-0.2, 0) is 0 Å². The maximum Gasteiger partial charge on any atom is 0.165 e. The van der Waals surface area contributed by atoms with E-state index in [-0.39, 0.29) is 5.75 Å². The summed E-state index contributed by atoms with van der Waals surface area (Å²) in [5.74, 6) is -0.203. The lowest BCUT2D eigenvalue weighted by Gasteiger charge is -2.16. The third kappa shape index (κ3) is 2.88. The van der Waals surface area contributed by atoms with E-state index in [0.29, 0.717) is 10.6 Å². The first-order valence-electron chi connectivity index (χ1n) is 5.88. The second-order valence-corrected chi connectivity index (χ2v) is 4.81. The third-order valence-corrected chi connectivity index (χ3v) is 3.34. The molecule has 2 aromatic rings. The van der Waals surface area contributed by atoms with Crippen LogP contribution in [0.1, 0.15) is 22.7 Å². The van der Waals surface area contributed by atoms with Crippen LogP contribution in [0.2, 0.25) is 5.02 Å². The van der Waals surface area contributed by atoms with Crippen LogP contribution in [0.15, 0.2) is 36.4 Å². The summed E-state index contributed by atoms with van der Waals surface area (Å²) in [4.78, 5) is 0. The Bertz CT molecular complexity index is 601. The molecule has 0 heterocycles. The lowest BCUT2D eigenvalue weighted by Crippen LogP contribution is -2.13. The number of hydrogen-bond donors (Lipinski definition) is 1. The molecular formula is C15H15ClFNO. The highest BCUT2D eigenvalue weighted by Crippen LogP contribution is 2.27. The molecule has 0 aromatic heterocycles. The zero-order valence-electron chi connectivity index (χ0n) is 10.8. The number of aryl methyl sites for hydroxylation is 1. The molecule has 1 atom stereocenters. The van der Waals surface area contributed by atoms with Gasteiger partial charge in [0.2, 0.25) is 0 Å². The van der Waals surface area contributed by atoms with Gasteiger partial charge in [-0.2, -0.15) is 0 Å². The van der Waals surface area contributed by atoms with E-state index in [4.69, 9.17) is 22.1 Å². The molecule has 0 saturated heterocycles. The quantitative estimate of drug-likeness (QED) is 0.926. The summed E-state index contributed by atoms with van der Waals surface area (Å²) in [5.41, 5.74) is 8.78. The van der Waals surface area contributed by atoms with Crippen LogP contribution in [0.3, 0.4) is 0 Å². The van der Waals surface area contributed by atoms with Gasteiger partial charge in [-0.3, -0.25) is 0 Å². The second kappa shape index (κ2) is 5.59. The maximum atomic E-state index is 13.7. The van der Waals surface area contributed by atoms with Crippen molar-refractivity contribution in [2.75, 3.05) is 7.11 Å². The van der Waals surface area contributed by atoms with Gasteiger partial charge in [-0.25, -0.2) is 4.39 Å². The van der Waals surface area contributed by atoms with E-state index in [1.165, 1.54) is 13.2 Å². The Kier molecular flexibility index (Phi) is 4.08. The summed E-state index contributed by atoms with van der Waals surface area (Å²) in [6, 6.07) is 9.84. The fourth-order valence-corrected chi connectivity index (χ4v) is 2.27. The van der Waals surface area contributed by atoms with Crippen LogP contribution >= 0.6 is 11.6 Å². The van der Waals surface area contributed by atoms with Gasteiger partial charge >= 0.3 is 0 Å². The molecule has 4 heteroatoms. The Balaban J connectivity index is 2.38. The molecule has 0 amide bonds. The minimum absolute atomic E-state index is 0.212. The minimum atomic E-state index is -0.415. The topological polar surface area (TPSA) is 35.2 Å². The molecule has 0 aliphatic rings. The van der Waals surface area contributed by atoms with Crippen molar-refractivity contribution in [1.82, 2.24) is 0 Å². The van der Waals surface area contributed by atoms with Crippen molar-refractivity contribution >= 4 is 11.6 Å². The van der Waals surface area contributed by atoms with Crippen molar-refractivity contribution in [3.05, 3.63) is 63.9 Å². The van der Waals surface area contributed by atoms with Gasteiger partial charge in [0.1, 0.15) is 0 Å². The van der Waals surface area contributed by atoms with Crippen molar-refractivity contribution < 1.29 is 9.13 Å². The molecule has 0 radical (unpaired) electrons. The number of hydrogen-bond acceptors (Lipinski definition) is 2. The monoisotopic (exact) mass is 279 g/mol. The number of halogens is 2. The fourth-order valence-electron chi connectivity index (χ4n) is 2.04. The Morgan fingerprint density at radius 2 is 1.95 bits per heavy atom. The predicted molar refractivity (Wildman–Crippen MR) is 75.2 cm³/mol. The average molecular weight is 280 g/mol. The predicted octanol–water partition coefficient (Wildman–Crippen LogP) is 3.84. The molecule has 2 N–H and O–H groups in total. The van der Waals surface area contributed by atoms with E-state index >= 15 is 0 Å². The van der Waals surface area contributed by atoms with Crippen LogP contribution in [0.25, 0.3) is 0 Å². The van der Waals surface area contributed by atoms with Crippen LogP contribution in [-0.4, -0.2) is 7.11 Å². The highest BCUT2D eigenvalue weighted by Gasteiger charge is 2.14. The SMILES string of the molecule is COc1ccc(C(N)c2ccc(Cl)cc2C)cc1F. The molecule has 1 unspecified atom stereocenters. The van der Waals surface area contributed by atoms with Gasteiger partial charge in [-0.15, -0.1) is 0 Å². The van der Waals surface area contributed by atoms with E-state index in [9.17, 15) is 4.39 Å². The third-order valence-electron chi connectivity index (χ3n) is 3.10. The summed E-state index contributed by atoms with van der Waals surface area (Å²) in [7, 11) is 1.43. The number of rotatable bonds is 3. The van der Waals surface area contributed by atoms with Crippen molar-refractivity contribution in [3.8, 4) is 5.75 Å². The van der Waals surface area contributed by atoms with Crippen LogP contribution in [0.5, 0.6) is 5.75 Å². The molecule has 19 heavy (non-hydrogen) atoms. The Labute approximate surface area is 117 Å². The molecule has 0 spiro atoms. The first-order chi connectivity index (χ1) is 9.02. The number of methoxy groups -OCH3 is 1. The van der Waals surface area contributed by atoms with E-state index in [2.05, 4.69) is 0 Å². The molecule has 2 aromatic carbocycles. The lowest BCUT2D eigenvalue weighted by molar-refractivity contribution is 0.386. The maximum absolute atomic E-state index is 13.7. The summed E-state index contributed by atoms with van der Waals surface area (Å²) in [5, 5.41) is 0.661. The normalized spacial score (nSPS) is 12.3. The van der Waals surface area contributed by atoms with E-state index in [0.717, 1.165) is 11.1 Å². The van der Waals surface area contributed by atoms with Gasteiger partial charge < -0.3 is 10.5 Å². The van der Waals surface area contributed by atoms with Gasteiger partial charge in [-0.1, -0.05) is 23.7 Å². The molecule has 0 bridgehead atoms. The van der Waals surface area contributed by atoms with Gasteiger partial charge in [0.15, 0.2) is 11.6 Å². The molecule has 100 valence electrons. The summed E-state index contributed by atoms with van der Waals surface area (Å²) >= 11 is 5.92. The largest absolute Gasteiger partial charge is 0.494 e. The highest BCUT2D eigenvalue weighted by atomic mass is 35.5. The Morgan fingerprint density at radius 3 is 2.53 bits per heavy atom. The number of nitrogens with two attached hydrogens (primary N) is 1. The van der Waals surface area contributed by atoms with Crippen LogP contribution < -0.4 is 10.5 Å². The standard InChI is InChI=1S/C15H15ClFNO/c1-9-7-11(16)4-5-12(9)15(18)10-3-6-14(19-2)13(17)8-10/h3-8,15H,18H2,1-2H3. The summed E-state index contributed by atoms with van der Waals surface area (Å²) in [6.07, 6.45) is 0. The van der Waals surface area contributed by atoms with Gasteiger partial charge in [0.05, 0.1) is 13.2 Å². The van der Waals surface area contributed by atoms with Crippen molar-refractivity contribution in [2.24, 2.45) is 5.73 Å². The first-order valence-corrected chi connectivity index (χ1v) is 6.26. The van der Waals surface area contributed by atoms with Crippen molar-refractivity contribution in [2.45, 2.75) is 13.0 Å². The minimum Gasteiger partial charge on any atom is -0.494 e. The Morgan fingerprint density at radius 1 is 1.21 bits per heavy atom. The van der Waals surface area contributed by atoms with Gasteiger partial charge in [-0.05, 0) is 47.9 Å². The molecule has 2 nitrogen and oxygen atoms in total. The zero-order valence-corrected chi connectivity index (χ0v) is 11.5. The van der Waals surface area contributed by atoms with Crippen molar-refractivity contribution in [3.63, 3.8) is 0 Å². The highest BCUT2D eigenvalue weighted by molar-refractivity contribution is 6.30. The fraction of sp³-hybridized carbons (Fsp3) is 0.200.